The first-order chi connectivity index (χ1) is 8.01. The Morgan fingerprint density at radius 2 is 1.71 bits per heavy atom. The molecule has 4 nitrogen and oxygen atoms in total. The largest absolute Gasteiger partial charge is 0.496 e. The van der Waals surface area contributed by atoms with E-state index >= 15 is 0 Å². The van der Waals surface area contributed by atoms with Gasteiger partial charge in [0.2, 0.25) is 0 Å². The highest BCUT2D eigenvalue weighted by atomic mass is 16.5. The zero-order chi connectivity index (χ0) is 13.0. The number of aryl methyl sites for hydroxylation is 2. The molecule has 0 aromatic heterocycles. The minimum absolute atomic E-state index is 0.193. The van der Waals surface area contributed by atoms with Crippen molar-refractivity contribution >= 4 is 11.8 Å². The molecule has 0 fully saturated rings. The van der Waals surface area contributed by atoms with E-state index < -0.39 is 11.8 Å². The van der Waals surface area contributed by atoms with Crippen molar-refractivity contribution < 1.29 is 19.1 Å². The number of rotatable bonds is 4. The van der Waals surface area contributed by atoms with E-state index in [0.29, 0.717) is 5.56 Å². The normalized spacial score (nSPS) is 9.88. The second-order valence-electron chi connectivity index (χ2n) is 3.69. The number of Topliss-reactive ketones (excluding diaryl/α,β-unsaturated/α-hetero) is 1. The highest BCUT2D eigenvalue weighted by Crippen LogP contribution is 2.24. The molecular formula is C13H16O4. The summed E-state index contributed by atoms with van der Waals surface area (Å²) in [5.74, 6) is -0.720. The average molecular weight is 236 g/mol. The maximum Gasteiger partial charge on any atom is 0.379 e. The molecule has 0 atom stereocenters. The lowest BCUT2D eigenvalue weighted by atomic mass is 10.0. The molecule has 0 spiro atoms. The number of carbonyl (C=O) groups is 2. The number of hydrogen-bond acceptors (Lipinski definition) is 4. The van der Waals surface area contributed by atoms with Gasteiger partial charge in [0, 0.05) is 5.56 Å². The standard InChI is InChI=1S/C13H16O4/c1-5-17-13(15)11(14)10-6-8(2)12(16-4)9(3)7-10/h6-7H,5H2,1-4H3. The van der Waals surface area contributed by atoms with Gasteiger partial charge >= 0.3 is 5.97 Å². The Morgan fingerprint density at radius 1 is 1.18 bits per heavy atom. The molecule has 1 rings (SSSR count). The molecule has 0 heterocycles. The molecule has 0 aliphatic heterocycles. The first-order valence-corrected chi connectivity index (χ1v) is 5.38. The topological polar surface area (TPSA) is 52.6 Å². The lowest BCUT2D eigenvalue weighted by Crippen LogP contribution is -2.17. The highest BCUT2D eigenvalue weighted by molar-refractivity contribution is 6.40. The first-order valence-electron chi connectivity index (χ1n) is 5.38. The van der Waals surface area contributed by atoms with Gasteiger partial charge in [-0.05, 0) is 44.0 Å². The predicted octanol–water partition coefficient (Wildman–Crippen LogP) is 2.06. The van der Waals surface area contributed by atoms with Gasteiger partial charge in [0.25, 0.3) is 5.78 Å². The van der Waals surface area contributed by atoms with Crippen molar-refractivity contribution in [1.82, 2.24) is 0 Å². The molecule has 0 aliphatic rings. The summed E-state index contributed by atoms with van der Waals surface area (Å²) < 4.78 is 9.87. The van der Waals surface area contributed by atoms with E-state index in [1.54, 1.807) is 26.2 Å². The monoisotopic (exact) mass is 236 g/mol. The van der Waals surface area contributed by atoms with Crippen molar-refractivity contribution in [3.05, 3.63) is 28.8 Å². The third kappa shape index (κ3) is 2.84. The Bertz CT molecular complexity index is 426. The molecule has 17 heavy (non-hydrogen) atoms. The number of ketones is 1. The zero-order valence-electron chi connectivity index (χ0n) is 10.5. The maximum absolute atomic E-state index is 11.7. The van der Waals surface area contributed by atoms with Crippen molar-refractivity contribution in [2.24, 2.45) is 0 Å². The van der Waals surface area contributed by atoms with E-state index in [2.05, 4.69) is 4.74 Å². The number of hydrogen-bond donors (Lipinski definition) is 0. The van der Waals surface area contributed by atoms with Crippen LogP contribution in [0.2, 0.25) is 0 Å². The first kappa shape index (κ1) is 13.2. The van der Waals surface area contributed by atoms with Crippen molar-refractivity contribution in [2.75, 3.05) is 13.7 Å². The van der Waals surface area contributed by atoms with Crippen LogP contribution in [-0.4, -0.2) is 25.5 Å². The molecule has 4 heteroatoms. The number of carbonyl (C=O) groups excluding carboxylic acids is 2. The van der Waals surface area contributed by atoms with Crippen molar-refractivity contribution in [2.45, 2.75) is 20.8 Å². The summed E-state index contributed by atoms with van der Waals surface area (Å²) in [7, 11) is 1.57. The summed E-state index contributed by atoms with van der Waals surface area (Å²) in [6.45, 7) is 5.51. The fourth-order valence-corrected chi connectivity index (χ4v) is 1.72. The Hall–Kier alpha value is -1.84. The maximum atomic E-state index is 11.7. The van der Waals surface area contributed by atoms with Crippen LogP contribution >= 0.6 is 0 Å². The van der Waals surface area contributed by atoms with Crippen LogP contribution in [0.3, 0.4) is 0 Å². The van der Waals surface area contributed by atoms with E-state index in [4.69, 9.17) is 4.74 Å². The smallest absolute Gasteiger partial charge is 0.379 e. The summed E-state index contributed by atoms with van der Waals surface area (Å²) in [6.07, 6.45) is 0. The van der Waals surface area contributed by atoms with Gasteiger partial charge in [-0.1, -0.05) is 0 Å². The SMILES string of the molecule is CCOC(=O)C(=O)c1cc(C)c(OC)c(C)c1. The number of esters is 1. The third-order valence-electron chi connectivity index (χ3n) is 2.39. The Kier molecular flexibility index (Phi) is 4.26. The van der Waals surface area contributed by atoms with Crippen LogP contribution in [0.5, 0.6) is 5.75 Å². The average Bonchev–Trinajstić information content (AvgIpc) is 2.27. The summed E-state index contributed by atoms with van der Waals surface area (Å²) in [5.41, 5.74) is 1.97. The van der Waals surface area contributed by atoms with E-state index in [1.807, 2.05) is 13.8 Å². The second-order valence-corrected chi connectivity index (χ2v) is 3.69. The van der Waals surface area contributed by atoms with E-state index in [1.165, 1.54) is 0 Å². The Morgan fingerprint density at radius 3 is 2.12 bits per heavy atom. The van der Waals surface area contributed by atoms with Gasteiger partial charge in [0.05, 0.1) is 13.7 Å². The molecule has 1 aromatic carbocycles. The number of methoxy groups -OCH3 is 1. The lowest BCUT2D eigenvalue weighted by Gasteiger charge is -2.10. The molecule has 0 saturated carbocycles. The molecule has 0 amide bonds. The van der Waals surface area contributed by atoms with Crippen LogP contribution in [0, 0.1) is 13.8 Å². The van der Waals surface area contributed by atoms with Crippen LogP contribution in [0.4, 0.5) is 0 Å². The summed E-state index contributed by atoms with van der Waals surface area (Å²) in [6, 6.07) is 3.26. The van der Waals surface area contributed by atoms with Crippen LogP contribution in [-0.2, 0) is 9.53 Å². The fourth-order valence-electron chi connectivity index (χ4n) is 1.72. The molecule has 0 saturated heterocycles. The van der Waals surface area contributed by atoms with Crippen LogP contribution in [0.15, 0.2) is 12.1 Å². The predicted molar refractivity (Wildman–Crippen MR) is 63.4 cm³/mol. The Labute approximate surface area is 101 Å². The summed E-state index contributed by atoms with van der Waals surface area (Å²) in [4.78, 5) is 23.0. The summed E-state index contributed by atoms with van der Waals surface area (Å²) >= 11 is 0. The second kappa shape index (κ2) is 5.48. The molecule has 0 N–H and O–H groups in total. The van der Waals surface area contributed by atoms with Gasteiger partial charge in [-0.2, -0.15) is 0 Å². The van der Waals surface area contributed by atoms with Crippen LogP contribution in [0.1, 0.15) is 28.4 Å². The zero-order valence-corrected chi connectivity index (χ0v) is 10.5. The third-order valence-corrected chi connectivity index (χ3v) is 2.39. The minimum atomic E-state index is -0.823. The molecule has 0 bridgehead atoms. The fraction of sp³-hybridized carbons (Fsp3) is 0.385. The lowest BCUT2D eigenvalue weighted by molar-refractivity contribution is -0.137. The van der Waals surface area contributed by atoms with Gasteiger partial charge in [0.1, 0.15) is 5.75 Å². The minimum Gasteiger partial charge on any atom is -0.496 e. The van der Waals surface area contributed by atoms with E-state index in [9.17, 15) is 9.59 Å². The Balaban J connectivity index is 3.08. The van der Waals surface area contributed by atoms with Crippen molar-refractivity contribution in [1.29, 1.82) is 0 Å². The molecule has 0 radical (unpaired) electrons. The van der Waals surface area contributed by atoms with Crippen LogP contribution < -0.4 is 4.74 Å². The van der Waals surface area contributed by atoms with Crippen molar-refractivity contribution in [3.63, 3.8) is 0 Å². The van der Waals surface area contributed by atoms with Gasteiger partial charge in [-0.3, -0.25) is 4.79 Å². The van der Waals surface area contributed by atoms with Gasteiger partial charge in [-0.15, -0.1) is 0 Å². The molecule has 0 unspecified atom stereocenters. The quantitative estimate of drug-likeness (QED) is 0.456. The summed E-state index contributed by atoms with van der Waals surface area (Å²) in [5, 5.41) is 0. The van der Waals surface area contributed by atoms with Gasteiger partial charge < -0.3 is 9.47 Å². The molecule has 0 aliphatic carbocycles. The molecular weight excluding hydrogens is 220 g/mol. The molecule has 92 valence electrons. The highest BCUT2D eigenvalue weighted by Gasteiger charge is 2.19. The van der Waals surface area contributed by atoms with Gasteiger partial charge in [0.15, 0.2) is 0 Å². The number of benzene rings is 1. The molecule has 1 aromatic rings. The number of ether oxygens (including phenoxy) is 2. The van der Waals surface area contributed by atoms with Gasteiger partial charge in [-0.25, -0.2) is 4.79 Å². The van der Waals surface area contributed by atoms with Crippen molar-refractivity contribution in [3.8, 4) is 5.75 Å². The van der Waals surface area contributed by atoms with Crippen LogP contribution in [0.25, 0.3) is 0 Å². The van der Waals surface area contributed by atoms with E-state index in [-0.39, 0.29) is 6.61 Å². The van der Waals surface area contributed by atoms with E-state index in [0.717, 1.165) is 16.9 Å².